The van der Waals surface area contributed by atoms with Crippen LogP contribution in [0.2, 0.25) is 0 Å². The molecule has 0 aromatic heterocycles. The van der Waals surface area contributed by atoms with Crippen molar-refractivity contribution in [2.24, 2.45) is 0 Å². The Morgan fingerprint density at radius 3 is 2.60 bits per heavy atom. The summed E-state index contributed by atoms with van der Waals surface area (Å²) in [6, 6.07) is 5.35. The normalized spacial score (nSPS) is 12.3. The second-order valence-corrected chi connectivity index (χ2v) is 6.99. The Bertz CT molecular complexity index is 584. The molecule has 0 aliphatic carbocycles. The van der Waals surface area contributed by atoms with Gasteiger partial charge in [0.2, 0.25) is 10.0 Å². The predicted octanol–water partition coefficient (Wildman–Crippen LogP) is 1.89. The van der Waals surface area contributed by atoms with E-state index in [9.17, 15) is 17.6 Å². The molecule has 1 aromatic carbocycles. The molecule has 0 saturated carbocycles. The summed E-state index contributed by atoms with van der Waals surface area (Å²) in [7, 11) is -3.67. The maximum absolute atomic E-state index is 13.0. The van der Waals surface area contributed by atoms with E-state index in [2.05, 4.69) is 4.72 Å². The van der Waals surface area contributed by atoms with E-state index in [-0.39, 0.29) is 18.6 Å². The van der Waals surface area contributed by atoms with Gasteiger partial charge in [-0.1, -0.05) is 12.1 Å². The molecule has 1 aromatic rings. The smallest absolute Gasteiger partial charge is 0.303 e. The number of sulfonamides is 1. The van der Waals surface area contributed by atoms with Crippen molar-refractivity contribution in [3.63, 3.8) is 0 Å². The molecule has 0 spiro atoms. The Kier molecular flexibility index (Phi) is 5.24. The summed E-state index contributed by atoms with van der Waals surface area (Å²) in [5, 5.41) is 8.62. The number of aliphatic carboxylic acids is 1. The molecule has 0 aliphatic rings. The van der Waals surface area contributed by atoms with Gasteiger partial charge in [0.15, 0.2) is 0 Å². The van der Waals surface area contributed by atoms with Crippen molar-refractivity contribution in [3.8, 4) is 0 Å². The Morgan fingerprint density at radius 1 is 1.40 bits per heavy atom. The molecule has 112 valence electrons. The third kappa shape index (κ3) is 6.12. The van der Waals surface area contributed by atoms with Gasteiger partial charge < -0.3 is 5.11 Å². The van der Waals surface area contributed by atoms with Crippen LogP contribution >= 0.6 is 0 Å². The third-order valence-electron chi connectivity index (χ3n) is 2.64. The molecule has 0 saturated heterocycles. The number of carboxylic acids is 1. The van der Waals surface area contributed by atoms with Crippen LogP contribution in [0, 0.1) is 5.82 Å². The van der Waals surface area contributed by atoms with E-state index in [0.717, 1.165) is 6.07 Å². The van der Waals surface area contributed by atoms with Gasteiger partial charge in [0.25, 0.3) is 0 Å². The SMILES string of the molecule is CC(C)(CCC(=O)O)NS(=O)(=O)Cc1cccc(F)c1. The lowest BCUT2D eigenvalue weighted by molar-refractivity contribution is -0.137. The quantitative estimate of drug-likeness (QED) is 0.805. The highest BCUT2D eigenvalue weighted by Crippen LogP contribution is 2.15. The summed E-state index contributed by atoms with van der Waals surface area (Å²) in [6.45, 7) is 3.22. The van der Waals surface area contributed by atoms with Crippen molar-refractivity contribution < 1.29 is 22.7 Å². The van der Waals surface area contributed by atoms with E-state index in [1.165, 1.54) is 18.2 Å². The molecule has 0 fully saturated rings. The molecular formula is C13H18FNO4S. The fourth-order valence-electron chi connectivity index (χ4n) is 1.77. The van der Waals surface area contributed by atoms with Crippen LogP contribution in [-0.2, 0) is 20.6 Å². The lowest BCUT2D eigenvalue weighted by atomic mass is 10.0. The molecule has 20 heavy (non-hydrogen) atoms. The maximum Gasteiger partial charge on any atom is 0.303 e. The summed E-state index contributed by atoms with van der Waals surface area (Å²) >= 11 is 0. The van der Waals surface area contributed by atoms with Gasteiger partial charge in [-0.25, -0.2) is 17.5 Å². The topological polar surface area (TPSA) is 83.5 Å². The molecule has 5 nitrogen and oxygen atoms in total. The van der Waals surface area contributed by atoms with E-state index >= 15 is 0 Å². The van der Waals surface area contributed by atoms with Crippen LogP contribution in [0.1, 0.15) is 32.3 Å². The van der Waals surface area contributed by atoms with Crippen LogP contribution in [0.25, 0.3) is 0 Å². The average Bonchev–Trinajstić information content (AvgIpc) is 2.24. The van der Waals surface area contributed by atoms with E-state index in [1.54, 1.807) is 13.8 Å². The minimum Gasteiger partial charge on any atom is -0.481 e. The largest absolute Gasteiger partial charge is 0.481 e. The van der Waals surface area contributed by atoms with Crippen LogP contribution in [-0.4, -0.2) is 25.0 Å². The van der Waals surface area contributed by atoms with Gasteiger partial charge >= 0.3 is 5.97 Å². The van der Waals surface area contributed by atoms with Crippen molar-refractivity contribution in [2.45, 2.75) is 38.0 Å². The molecule has 0 unspecified atom stereocenters. The maximum atomic E-state index is 13.0. The van der Waals surface area contributed by atoms with Gasteiger partial charge in [0.1, 0.15) is 5.82 Å². The molecular weight excluding hydrogens is 285 g/mol. The fraction of sp³-hybridized carbons (Fsp3) is 0.462. The molecule has 7 heteroatoms. The zero-order valence-corrected chi connectivity index (χ0v) is 12.2. The predicted molar refractivity (Wildman–Crippen MR) is 73.1 cm³/mol. The van der Waals surface area contributed by atoms with Gasteiger partial charge in [-0.05, 0) is 38.0 Å². The lowest BCUT2D eigenvalue weighted by Crippen LogP contribution is -2.44. The molecule has 0 bridgehead atoms. The first kappa shape index (κ1) is 16.6. The highest BCUT2D eigenvalue weighted by molar-refractivity contribution is 7.88. The van der Waals surface area contributed by atoms with Crippen LogP contribution in [0.3, 0.4) is 0 Å². The monoisotopic (exact) mass is 303 g/mol. The summed E-state index contributed by atoms with van der Waals surface area (Å²) in [5.74, 6) is -1.83. The zero-order chi connectivity index (χ0) is 15.4. The fourth-order valence-corrected chi connectivity index (χ4v) is 3.41. The van der Waals surface area contributed by atoms with Crippen LogP contribution in [0.4, 0.5) is 4.39 Å². The molecule has 0 heterocycles. The summed E-state index contributed by atoms with van der Waals surface area (Å²) in [6.07, 6.45) is 0.0419. The Morgan fingerprint density at radius 2 is 2.05 bits per heavy atom. The van der Waals surface area contributed by atoms with Gasteiger partial charge in [0.05, 0.1) is 5.75 Å². The molecule has 0 radical (unpaired) electrons. The van der Waals surface area contributed by atoms with Crippen molar-refractivity contribution in [2.75, 3.05) is 0 Å². The number of nitrogens with one attached hydrogen (secondary N) is 1. The average molecular weight is 303 g/mol. The van der Waals surface area contributed by atoms with Gasteiger partial charge in [-0.15, -0.1) is 0 Å². The number of hydrogen-bond donors (Lipinski definition) is 2. The summed E-state index contributed by atoms with van der Waals surface area (Å²) < 4.78 is 39.4. The van der Waals surface area contributed by atoms with Crippen molar-refractivity contribution in [1.29, 1.82) is 0 Å². The second kappa shape index (κ2) is 6.32. The van der Waals surface area contributed by atoms with E-state index < -0.39 is 27.3 Å². The number of halogens is 1. The Balaban J connectivity index is 2.72. The first-order chi connectivity index (χ1) is 9.10. The van der Waals surface area contributed by atoms with Crippen molar-refractivity contribution in [3.05, 3.63) is 35.6 Å². The first-order valence-corrected chi connectivity index (χ1v) is 7.73. The Labute approximate surface area is 117 Å². The number of carboxylic acid groups (broad SMARTS) is 1. The molecule has 0 aliphatic heterocycles. The zero-order valence-electron chi connectivity index (χ0n) is 11.4. The minimum atomic E-state index is -3.67. The molecule has 2 N–H and O–H groups in total. The minimum absolute atomic E-state index is 0.129. The lowest BCUT2D eigenvalue weighted by Gasteiger charge is -2.25. The van der Waals surface area contributed by atoms with Crippen LogP contribution in [0.15, 0.2) is 24.3 Å². The van der Waals surface area contributed by atoms with Gasteiger partial charge in [-0.2, -0.15) is 0 Å². The number of hydrogen-bond acceptors (Lipinski definition) is 3. The molecule has 0 amide bonds. The summed E-state index contributed by atoms with van der Waals surface area (Å²) in [4.78, 5) is 10.5. The van der Waals surface area contributed by atoms with Crippen LogP contribution < -0.4 is 4.72 Å². The number of rotatable bonds is 7. The van der Waals surface area contributed by atoms with Gasteiger partial charge in [-0.3, -0.25) is 4.79 Å². The highest BCUT2D eigenvalue weighted by atomic mass is 32.2. The number of carbonyl (C=O) groups is 1. The van der Waals surface area contributed by atoms with E-state index in [1.807, 2.05) is 0 Å². The number of benzene rings is 1. The third-order valence-corrected chi connectivity index (χ3v) is 4.22. The van der Waals surface area contributed by atoms with E-state index in [4.69, 9.17) is 5.11 Å². The summed E-state index contributed by atoms with van der Waals surface area (Å²) in [5.41, 5.74) is -0.531. The second-order valence-electron chi connectivity index (χ2n) is 5.27. The van der Waals surface area contributed by atoms with Crippen molar-refractivity contribution in [1.82, 2.24) is 4.72 Å². The van der Waals surface area contributed by atoms with E-state index in [0.29, 0.717) is 5.56 Å². The molecule has 0 atom stereocenters. The van der Waals surface area contributed by atoms with Gasteiger partial charge in [0, 0.05) is 12.0 Å². The highest BCUT2D eigenvalue weighted by Gasteiger charge is 2.25. The Hall–Kier alpha value is -1.47. The first-order valence-electron chi connectivity index (χ1n) is 6.07. The van der Waals surface area contributed by atoms with Crippen molar-refractivity contribution >= 4 is 16.0 Å². The standard InChI is InChI=1S/C13H18FNO4S/c1-13(2,7-6-12(16)17)15-20(18,19)9-10-4-3-5-11(14)8-10/h3-5,8,15H,6-7,9H2,1-2H3,(H,16,17). The van der Waals surface area contributed by atoms with Crippen LogP contribution in [0.5, 0.6) is 0 Å². The molecule has 1 rings (SSSR count).